The summed E-state index contributed by atoms with van der Waals surface area (Å²) < 4.78 is 7.38. The first-order valence-electron chi connectivity index (χ1n) is 9.90. The Bertz CT molecular complexity index is 719. The zero-order valence-electron chi connectivity index (χ0n) is 16.3. The van der Waals surface area contributed by atoms with E-state index < -0.39 is 8.38 Å². The van der Waals surface area contributed by atoms with E-state index in [2.05, 4.69) is 72.2 Å². The number of hydrogen-bond donors (Lipinski definition) is 1. The normalized spacial score (nSPS) is 21.8. The number of hydrogen-bond acceptors (Lipinski definition) is 2. The molecule has 146 valence electrons. The van der Waals surface area contributed by atoms with Crippen molar-refractivity contribution in [1.29, 1.82) is 0 Å². The van der Waals surface area contributed by atoms with E-state index in [1.807, 2.05) is 12.1 Å². The molecule has 3 rings (SSSR count). The second-order valence-corrected chi connectivity index (χ2v) is 10.3. The summed E-state index contributed by atoms with van der Waals surface area (Å²) in [6.45, 7) is 4.66. The van der Waals surface area contributed by atoms with E-state index in [1.165, 1.54) is 30.4 Å². The third-order valence-electron chi connectivity index (χ3n) is 5.93. The Morgan fingerprint density at radius 3 is 2.44 bits per heavy atom. The van der Waals surface area contributed by atoms with Crippen molar-refractivity contribution in [3.63, 3.8) is 0 Å². The summed E-state index contributed by atoms with van der Waals surface area (Å²) in [4.78, 5) is 10.6. The highest BCUT2D eigenvalue weighted by Gasteiger charge is 2.39. The van der Waals surface area contributed by atoms with Crippen LogP contribution in [0.1, 0.15) is 50.7 Å². The molecule has 0 aromatic heterocycles. The summed E-state index contributed by atoms with van der Waals surface area (Å²) >= 11 is 3.59. The van der Waals surface area contributed by atoms with E-state index in [-0.39, 0.29) is 11.5 Å². The van der Waals surface area contributed by atoms with Gasteiger partial charge in [-0.3, -0.25) is 0 Å². The van der Waals surface area contributed by atoms with Gasteiger partial charge in [-0.25, -0.2) is 0 Å². The highest BCUT2D eigenvalue weighted by atomic mass is 79.9. The lowest BCUT2D eigenvalue weighted by molar-refractivity contribution is 0.0531. The highest BCUT2D eigenvalue weighted by Crippen LogP contribution is 2.46. The molecule has 2 nitrogen and oxygen atoms in total. The van der Waals surface area contributed by atoms with Gasteiger partial charge < -0.3 is 9.42 Å². The largest absolute Gasteiger partial charge is 0.350 e. The van der Waals surface area contributed by atoms with Crippen molar-refractivity contribution < 1.29 is 9.42 Å². The van der Waals surface area contributed by atoms with Gasteiger partial charge in [0.25, 0.3) is 0 Å². The van der Waals surface area contributed by atoms with Crippen LogP contribution in [0.3, 0.4) is 0 Å². The molecule has 0 bridgehead atoms. The zero-order chi connectivity index (χ0) is 19.3. The van der Waals surface area contributed by atoms with E-state index in [0.29, 0.717) is 12.1 Å². The molecule has 3 unspecified atom stereocenters. The monoisotopic (exact) mass is 448 g/mol. The maximum Gasteiger partial charge on any atom is 0.168 e. The van der Waals surface area contributed by atoms with Crippen molar-refractivity contribution in [2.24, 2.45) is 5.92 Å². The molecule has 2 aromatic carbocycles. The van der Waals surface area contributed by atoms with Gasteiger partial charge in [0.05, 0.1) is 6.10 Å². The molecule has 1 aliphatic carbocycles. The minimum Gasteiger partial charge on any atom is -0.350 e. The second kappa shape index (κ2) is 9.65. The molecule has 0 saturated heterocycles. The third-order valence-corrected chi connectivity index (χ3v) is 7.83. The van der Waals surface area contributed by atoms with Crippen molar-refractivity contribution in [1.82, 2.24) is 0 Å². The lowest BCUT2D eigenvalue weighted by atomic mass is 9.66. The smallest absolute Gasteiger partial charge is 0.168 e. The fourth-order valence-electron chi connectivity index (χ4n) is 4.26. The van der Waals surface area contributed by atoms with Crippen molar-refractivity contribution in [2.75, 3.05) is 6.16 Å². The predicted molar refractivity (Wildman–Crippen MR) is 118 cm³/mol. The minimum atomic E-state index is -1.40. The minimum absolute atomic E-state index is 0.0466. The van der Waals surface area contributed by atoms with Crippen LogP contribution in [0.4, 0.5) is 0 Å². The van der Waals surface area contributed by atoms with Gasteiger partial charge >= 0.3 is 0 Å². The average Bonchev–Trinajstić information content (AvgIpc) is 2.68. The summed E-state index contributed by atoms with van der Waals surface area (Å²) in [5.74, 6) is 0.439. The molecule has 0 heterocycles. The van der Waals surface area contributed by atoms with Gasteiger partial charge in [0, 0.05) is 10.6 Å². The summed E-state index contributed by atoms with van der Waals surface area (Å²) in [5, 5.41) is 0. The van der Waals surface area contributed by atoms with E-state index in [1.54, 1.807) is 0 Å². The Balaban J connectivity index is 1.64. The van der Waals surface area contributed by atoms with Gasteiger partial charge in [-0.1, -0.05) is 91.1 Å². The number of halogens is 1. The molecular weight excluding hydrogens is 419 g/mol. The lowest BCUT2D eigenvalue weighted by Gasteiger charge is -2.43. The molecule has 0 spiro atoms. The van der Waals surface area contributed by atoms with Gasteiger partial charge in [0.2, 0.25) is 0 Å². The van der Waals surface area contributed by atoms with Gasteiger partial charge in [0.15, 0.2) is 8.38 Å². The number of benzene rings is 2. The number of aryl methyl sites for hydroxylation is 1. The summed E-state index contributed by atoms with van der Waals surface area (Å²) in [6.07, 6.45) is 6.33. The molecule has 1 N–H and O–H groups in total. The van der Waals surface area contributed by atoms with Crippen LogP contribution in [0, 0.1) is 5.92 Å². The molecule has 1 fully saturated rings. The van der Waals surface area contributed by atoms with Crippen molar-refractivity contribution in [2.45, 2.75) is 57.5 Å². The van der Waals surface area contributed by atoms with Crippen LogP contribution >= 0.6 is 24.3 Å². The summed E-state index contributed by atoms with van der Waals surface area (Å²) in [5.41, 5.74) is 2.64. The molecule has 4 heteroatoms. The van der Waals surface area contributed by atoms with Crippen molar-refractivity contribution in [3.8, 4) is 0 Å². The maximum absolute atomic E-state index is 10.6. The van der Waals surface area contributed by atoms with Crippen LogP contribution in [-0.4, -0.2) is 17.2 Å². The second-order valence-electron chi connectivity index (χ2n) is 8.04. The highest BCUT2D eigenvalue weighted by molar-refractivity contribution is 9.10. The maximum atomic E-state index is 10.6. The van der Waals surface area contributed by atoms with Gasteiger partial charge in [-0.15, -0.1) is 0 Å². The van der Waals surface area contributed by atoms with E-state index in [0.717, 1.165) is 17.3 Å². The molecule has 0 aliphatic heterocycles. The van der Waals surface area contributed by atoms with Crippen LogP contribution < -0.4 is 0 Å². The first-order chi connectivity index (χ1) is 13.0. The molecular formula is C23H30BrO2P. The molecule has 0 radical (unpaired) electrons. The molecule has 0 amide bonds. The van der Waals surface area contributed by atoms with Crippen LogP contribution in [0.5, 0.6) is 0 Å². The first kappa shape index (κ1) is 21.0. The summed E-state index contributed by atoms with van der Waals surface area (Å²) in [7, 11) is -1.40. The zero-order valence-corrected chi connectivity index (χ0v) is 18.8. The van der Waals surface area contributed by atoms with Crippen LogP contribution in [-0.2, 0) is 16.4 Å². The average molecular weight is 449 g/mol. The quantitative estimate of drug-likeness (QED) is 0.469. The standard InChI is InChI=1S/C23H30BrO2P/c1-23(2,19-11-4-3-5-12-19)20-13-7-9-15-22(20)26-27(25)17-16-18-10-6-8-14-21(18)24/h3-6,8,10-12,14,20,22,25H,7,9,13,15-17H2,1-2H3. The SMILES string of the molecule is CC(C)(c1ccccc1)C1CCCCC1OP(O)CCc1ccccc1Br. The van der Waals surface area contributed by atoms with Crippen LogP contribution in [0.2, 0.25) is 0 Å². The van der Waals surface area contributed by atoms with Gasteiger partial charge in [-0.05, 0) is 47.8 Å². The van der Waals surface area contributed by atoms with Crippen molar-refractivity contribution in [3.05, 3.63) is 70.2 Å². The topological polar surface area (TPSA) is 29.5 Å². The molecule has 2 aromatic rings. The van der Waals surface area contributed by atoms with Gasteiger partial charge in [0.1, 0.15) is 0 Å². The van der Waals surface area contributed by atoms with E-state index in [4.69, 9.17) is 4.52 Å². The van der Waals surface area contributed by atoms with Gasteiger partial charge in [-0.2, -0.15) is 0 Å². The molecule has 1 aliphatic rings. The van der Waals surface area contributed by atoms with Crippen LogP contribution in [0.25, 0.3) is 0 Å². The van der Waals surface area contributed by atoms with Crippen LogP contribution in [0.15, 0.2) is 59.1 Å². The Hall–Kier alpha value is -0.730. The Labute approximate surface area is 173 Å². The van der Waals surface area contributed by atoms with E-state index >= 15 is 0 Å². The third kappa shape index (κ3) is 5.41. The predicted octanol–water partition coefficient (Wildman–Crippen LogP) is 6.85. The lowest BCUT2D eigenvalue weighted by Crippen LogP contribution is -2.40. The molecule has 3 atom stereocenters. The Kier molecular flexibility index (Phi) is 7.50. The Morgan fingerprint density at radius 1 is 1.04 bits per heavy atom. The van der Waals surface area contributed by atoms with Crippen molar-refractivity contribution >= 4 is 24.3 Å². The fourth-order valence-corrected chi connectivity index (χ4v) is 5.84. The first-order valence-corrected chi connectivity index (χ1v) is 12.1. The van der Waals surface area contributed by atoms with E-state index in [9.17, 15) is 4.89 Å². The molecule has 27 heavy (non-hydrogen) atoms. The molecule has 1 saturated carbocycles. The Morgan fingerprint density at radius 2 is 1.70 bits per heavy atom. The summed E-state index contributed by atoms with van der Waals surface area (Å²) in [6, 6.07) is 19.0. The fraction of sp³-hybridized carbons (Fsp3) is 0.478. The number of rotatable bonds is 7.